The fourth-order valence-corrected chi connectivity index (χ4v) is 1.34. The number of aromatic amines is 1. The van der Waals surface area contributed by atoms with Gasteiger partial charge in [0.05, 0.1) is 0 Å². The van der Waals surface area contributed by atoms with Gasteiger partial charge in [-0.15, -0.1) is 0 Å². The molecule has 1 heterocycles. The quantitative estimate of drug-likeness (QED) is 0.738. The molecule has 0 aliphatic heterocycles. The van der Waals surface area contributed by atoms with E-state index < -0.39 is 0 Å². The second-order valence-electron chi connectivity index (χ2n) is 3.53. The van der Waals surface area contributed by atoms with E-state index in [1.807, 2.05) is 13.8 Å². The molecule has 0 fully saturated rings. The largest absolute Gasteiger partial charge is 0.405 e. The van der Waals surface area contributed by atoms with Crippen molar-refractivity contribution in [3.8, 4) is 0 Å². The van der Waals surface area contributed by atoms with Gasteiger partial charge in [-0.2, -0.15) is 0 Å². The molecule has 0 bridgehead atoms. The van der Waals surface area contributed by atoms with E-state index in [2.05, 4.69) is 16.7 Å². The average molecular weight is 205 g/mol. The molecule has 3 N–H and O–H groups in total. The summed E-state index contributed by atoms with van der Waals surface area (Å²) < 4.78 is 0. The smallest absolute Gasteiger partial charge is 0.253 e. The van der Waals surface area contributed by atoms with Gasteiger partial charge in [-0.1, -0.05) is 13.8 Å². The Bertz CT molecular complexity index is 444. The Morgan fingerprint density at radius 1 is 1.60 bits per heavy atom. The molecule has 1 aromatic heterocycles. The lowest BCUT2D eigenvalue weighted by Gasteiger charge is -2.07. The summed E-state index contributed by atoms with van der Waals surface area (Å²) in [5.74, 6) is 0.614. The molecule has 4 heteroatoms. The van der Waals surface area contributed by atoms with E-state index in [1.165, 1.54) is 6.20 Å². The number of rotatable bonds is 3. The van der Waals surface area contributed by atoms with Crippen LogP contribution in [0, 0.1) is 0 Å². The molecule has 0 aliphatic rings. The third kappa shape index (κ3) is 2.34. The predicted molar refractivity (Wildman–Crippen MR) is 63.6 cm³/mol. The van der Waals surface area contributed by atoms with Crippen LogP contribution in [-0.2, 0) is 0 Å². The van der Waals surface area contributed by atoms with E-state index in [9.17, 15) is 4.79 Å². The van der Waals surface area contributed by atoms with Gasteiger partial charge in [-0.25, -0.2) is 4.99 Å². The molecule has 0 aromatic carbocycles. The zero-order chi connectivity index (χ0) is 11.4. The molecular formula is C11H15N3O. The number of hydrogen-bond donors (Lipinski definition) is 2. The highest BCUT2D eigenvalue weighted by atomic mass is 16.1. The SMILES string of the molecule is C=Nc1[nH]c(=O)c(C(C)C)cc1/C=C\N. The maximum Gasteiger partial charge on any atom is 0.253 e. The maximum atomic E-state index is 11.6. The number of nitrogens with two attached hydrogens (primary N) is 1. The number of nitrogens with one attached hydrogen (secondary N) is 1. The number of H-pyrrole nitrogens is 1. The summed E-state index contributed by atoms with van der Waals surface area (Å²) >= 11 is 0. The zero-order valence-electron chi connectivity index (χ0n) is 8.95. The summed E-state index contributed by atoms with van der Waals surface area (Å²) in [6.07, 6.45) is 3.10. The van der Waals surface area contributed by atoms with Crippen molar-refractivity contribution in [2.24, 2.45) is 10.7 Å². The highest BCUT2D eigenvalue weighted by Gasteiger charge is 2.08. The van der Waals surface area contributed by atoms with Crippen LogP contribution in [0.5, 0.6) is 0 Å². The van der Waals surface area contributed by atoms with E-state index in [0.717, 1.165) is 11.1 Å². The summed E-state index contributed by atoms with van der Waals surface area (Å²) in [6, 6.07) is 1.79. The van der Waals surface area contributed by atoms with Crippen LogP contribution in [0.4, 0.5) is 5.82 Å². The minimum absolute atomic E-state index is 0.124. The lowest BCUT2D eigenvalue weighted by atomic mass is 10.0. The first-order valence-corrected chi connectivity index (χ1v) is 4.72. The van der Waals surface area contributed by atoms with Gasteiger partial charge in [0, 0.05) is 11.1 Å². The Morgan fingerprint density at radius 2 is 2.27 bits per heavy atom. The molecule has 80 valence electrons. The number of pyridine rings is 1. The minimum atomic E-state index is -0.124. The van der Waals surface area contributed by atoms with Crippen molar-refractivity contribution in [1.29, 1.82) is 0 Å². The van der Waals surface area contributed by atoms with Crippen LogP contribution in [0.3, 0.4) is 0 Å². The van der Waals surface area contributed by atoms with Crippen LogP contribution in [0.25, 0.3) is 6.08 Å². The van der Waals surface area contributed by atoms with Gasteiger partial charge in [0.25, 0.3) is 5.56 Å². The van der Waals surface area contributed by atoms with Crippen molar-refractivity contribution >= 4 is 18.6 Å². The van der Waals surface area contributed by atoms with E-state index in [4.69, 9.17) is 5.73 Å². The highest BCUT2D eigenvalue weighted by molar-refractivity contribution is 5.62. The average Bonchev–Trinajstić information content (AvgIpc) is 2.20. The van der Waals surface area contributed by atoms with Crippen LogP contribution in [0.1, 0.15) is 30.9 Å². The van der Waals surface area contributed by atoms with E-state index in [-0.39, 0.29) is 11.5 Å². The van der Waals surface area contributed by atoms with Crippen LogP contribution in [-0.4, -0.2) is 11.7 Å². The molecule has 0 saturated heterocycles. The molecule has 0 radical (unpaired) electrons. The standard InChI is InChI=1S/C11H15N3O/c1-7(2)9-6-8(4-5-12)10(13-3)14-11(9)15/h4-7H,3,12H2,1-2H3,(H,14,15)/b5-4-. The molecule has 0 unspecified atom stereocenters. The van der Waals surface area contributed by atoms with Gasteiger partial charge in [-0.3, -0.25) is 4.79 Å². The van der Waals surface area contributed by atoms with Crippen molar-refractivity contribution in [2.45, 2.75) is 19.8 Å². The Hall–Kier alpha value is -1.84. The summed E-state index contributed by atoms with van der Waals surface area (Å²) in [5, 5.41) is 0. The molecule has 0 spiro atoms. The van der Waals surface area contributed by atoms with Gasteiger partial charge in [0.1, 0.15) is 5.82 Å². The Morgan fingerprint density at radius 3 is 2.73 bits per heavy atom. The van der Waals surface area contributed by atoms with Crippen LogP contribution < -0.4 is 11.3 Å². The lowest BCUT2D eigenvalue weighted by molar-refractivity contribution is 0.843. The van der Waals surface area contributed by atoms with Gasteiger partial charge >= 0.3 is 0 Å². The zero-order valence-corrected chi connectivity index (χ0v) is 8.95. The first-order valence-electron chi connectivity index (χ1n) is 4.72. The molecule has 0 aliphatic carbocycles. The molecule has 0 amide bonds. The van der Waals surface area contributed by atoms with E-state index >= 15 is 0 Å². The topological polar surface area (TPSA) is 71.2 Å². The van der Waals surface area contributed by atoms with Crippen molar-refractivity contribution in [2.75, 3.05) is 0 Å². The van der Waals surface area contributed by atoms with Crippen LogP contribution in [0.15, 0.2) is 22.1 Å². The lowest BCUT2D eigenvalue weighted by Crippen LogP contribution is -2.13. The van der Waals surface area contributed by atoms with Crippen molar-refractivity contribution in [3.63, 3.8) is 0 Å². The first-order chi connectivity index (χ1) is 7.10. The Labute approximate surface area is 88.5 Å². The van der Waals surface area contributed by atoms with E-state index in [0.29, 0.717) is 5.82 Å². The Kier molecular flexibility index (Phi) is 3.44. The monoisotopic (exact) mass is 205 g/mol. The summed E-state index contributed by atoms with van der Waals surface area (Å²) in [6.45, 7) is 7.31. The molecule has 0 atom stereocenters. The molecular weight excluding hydrogens is 190 g/mol. The third-order valence-corrected chi connectivity index (χ3v) is 2.13. The number of hydrogen-bond acceptors (Lipinski definition) is 3. The van der Waals surface area contributed by atoms with E-state index in [1.54, 1.807) is 12.1 Å². The van der Waals surface area contributed by atoms with Crippen LogP contribution in [0.2, 0.25) is 0 Å². The number of aliphatic imine (C=N–C) groups is 1. The summed E-state index contributed by atoms with van der Waals surface area (Å²) in [5.41, 5.74) is 6.68. The molecule has 1 rings (SSSR count). The minimum Gasteiger partial charge on any atom is -0.405 e. The Balaban J connectivity index is 3.43. The summed E-state index contributed by atoms with van der Waals surface area (Å²) in [7, 11) is 0. The fraction of sp³-hybridized carbons (Fsp3) is 0.273. The van der Waals surface area contributed by atoms with Crippen LogP contribution >= 0.6 is 0 Å². The number of nitrogens with zero attached hydrogens (tertiary/aromatic N) is 1. The number of aromatic nitrogens is 1. The predicted octanol–water partition coefficient (Wildman–Crippen LogP) is 1.76. The fourth-order valence-electron chi connectivity index (χ4n) is 1.34. The molecule has 15 heavy (non-hydrogen) atoms. The molecule has 0 saturated carbocycles. The normalized spacial score (nSPS) is 11.1. The van der Waals surface area contributed by atoms with Gasteiger partial charge < -0.3 is 10.7 Å². The first kappa shape index (κ1) is 11.2. The van der Waals surface area contributed by atoms with Crippen molar-refractivity contribution in [1.82, 2.24) is 4.98 Å². The molecule has 1 aromatic rings. The highest BCUT2D eigenvalue weighted by Crippen LogP contribution is 2.19. The van der Waals surface area contributed by atoms with Crippen molar-refractivity contribution < 1.29 is 0 Å². The van der Waals surface area contributed by atoms with Gasteiger partial charge in [0.15, 0.2) is 0 Å². The second-order valence-corrected chi connectivity index (χ2v) is 3.53. The van der Waals surface area contributed by atoms with Gasteiger partial charge in [-0.05, 0) is 31.0 Å². The second kappa shape index (κ2) is 4.59. The third-order valence-electron chi connectivity index (χ3n) is 2.13. The molecule has 4 nitrogen and oxygen atoms in total. The van der Waals surface area contributed by atoms with Crippen molar-refractivity contribution in [3.05, 3.63) is 33.7 Å². The van der Waals surface area contributed by atoms with Gasteiger partial charge in [0.2, 0.25) is 0 Å². The summed E-state index contributed by atoms with van der Waals surface area (Å²) in [4.78, 5) is 18.0. The maximum absolute atomic E-state index is 11.6.